The molecule has 1 aliphatic rings. The van der Waals surface area contributed by atoms with E-state index in [4.69, 9.17) is 5.73 Å². The molecule has 0 saturated heterocycles. The third-order valence-electron chi connectivity index (χ3n) is 3.16. The molecule has 88 valence electrons. The Morgan fingerprint density at radius 3 is 2.88 bits per heavy atom. The number of hydrogen-bond donors (Lipinski definition) is 2. The summed E-state index contributed by atoms with van der Waals surface area (Å²) in [7, 11) is 0. The van der Waals surface area contributed by atoms with E-state index in [2.05, 4.69) is 15.9 Å². The highest BCUT2D eigenvalue weighted by atomic mass is 79.9. The van der Waals surface area contributed by atoms with Crippen molar-refractivity contribution in [3.8, 4) is 0 Å². The number of hydrogen-bond acceptors (Lipinski definition) is 2. The Kier molecular flexibility index (Phi) is 3.33. The normalized spacial score (nSPS) is 29.6. The van der Waals surface area contributed by atoms with Crippen molar-refractivity contribution in [1.82, 2.24) is 0 Å². The highest BCUT2D eigenvalue weighted by Gasteiger charge is 2.36. The maximum atomic E-state index is 13.6. The zero-order chi connectivity index (χ0) is 11.8. The van der Waals surface area contributed by atoms with Crippen LogP contribution in [0.25, 0.3) is 0 Å². The van der Waals surface area contributed by atoms with Crippen LogP contribution in [0.15, 0.2) is 22.7 Å². The lowest BCUT2D eigenvalue weighted by atomic mass is 9.92. The van der Waals surface area contributed by atoms with Gasteiger partial charge in [0.05, 0.1) is 5.60 Å². The molecule has 2 nitrogen and oxygen atoms in total. The van der Waals surface area contributed by atoms with Crippen LogP contribution in [0.1, 0.15) is 24.8 Å². The van der Waals surface area contributed by atoms with Gasteiger partial charge in [0.2, 0.25) is 0 Å². The number of benzene rings is 1. The Morgan fingerprint density at radius 2 is 2.31 bits per heavy atom. The highest BCUT2D eigenvalue weighted by Crippen LogP contribution is 2.33. The van der Waals surface area contributed by atoms with E-state index < -0.39 is 5.60 Å². The minimum absolute atomic E-state index is 0.0449. The van der Waals surface area contributed by atoms with Crippen LogP contribution in [0.4, 0.5) is 4.39 Å². The van der Waals surface area contributed by atoms with E-state index in [0.717, 1.165) is 6.42 Å². The smallest absolute Gasteiger partial charge is 0.127 e. The zero-order valence-electron chi connectivity index (χ0n) is 8.92. The van der Waals surface area contributed by atoms with Gasteiger partial charge in [-0.3, -0.25) is 0 Å². The fourth-order valence-corrected chi connectivity index (χ4v) is 2.66. The quantitative estimate of drug-likeness (QED) is 0.877. The molecule has 2 unspecified atom stereocenters. The fraction of sp³-hybridized carbons (Fsp3) is 0.500. The Bertz CT molecular complexity index is 399. The molecule has 0 radical (unpaired) electrons. The zero-order valence-corrected chi connectivity index (χ0v) is 10.5. The molecule has 0 amide bonds. The van der Waals surface area contributed by atoms with Gasteiger partial charge in [0.25, 0.3) is 0 Å². The lowest BCUT2D eigenvalue weighted by Crippen LogP contribution is -2.30. The molecule has 1 aromatic rings. The highest BCUT2D eigenvalue weighted by molar-refractivity contribution is 9.10. The van der Waals surface area contributed by atoms with Gasteiger partial charge in [0.15, 0.2) is 0 Å². The molecule has 0 bridgehead atoms. The summed E-state index contributed by atoms with van der Waals surface area (Å²) in [6.45, 7) is 0. The van der Waals surface area contributed by atoms with E-state index in [1.807, 2.05) is 0 Å². The Balaban J connectivity index is 2.14. The van der Waals surface area contributed by atoms with Gasteiger partial charge in [0, 0.05) is 16.9 Å². The molecule has 16 heavy (non-hydrogen) atoms. The van der Waals surface area contributed by atoms with Gasteiger partial charge in [-0.25, -0.2) is 4.39 Å². The maximum Gasteiger partial charge on any atom is 0.127 e. The maximum absolute atomic E-state index is 13.6. The van der Waals surface area contributed by atoms with Crippen molar-refractivity contribution in [1.29, 1.82) is 0 Å². The second-order valence-corrected chi connectivity index (χ2v) is 5.56. The van der Waals surface area contributed by atoms with Crippen LogP contribution in [0, 0.1) is 5.82 Å². The number of nitrogens with two attached hydrogens (primary N) is 1. The van der Waals surface area contributed by atoms with Gasteiger partial charge in [-0.2, -0.15) is 0 Å². The van der Waals surface area contributed by atoms with E-state index in [-0.39, 0.29) is 11.9 Å². The third kappa shape index (κ3) is 2.62. The van der Waals surface area contributed by atoms with Crippen molar-refractivity contribution in [2.45, 2.75) is 37.3 Å². The van der Waals surface area contributed by atoms with Crippen LogP contribution >= 0.6 is 15.9 Å². The summed E-state index contributed by atoms with van der Waals surface area (Å²) in [6, 6.07) is 4.97. The topological polar surface area (TPSA) is 46.2 Å². The summed E-state index contributed by atoms with van der Waals surface area (Å²) in [4.78, 5) is 0. The van der Waals surface area contributed by atoms with Gasteiger partial charge >= 0.3 is 0 Å². The number of halogens is 2. The van der Waals surface area contributed by atoms with Crippen LogP contribution in [0.5, 0.6) is 0 Å². The van der Waals surface area contributed by atoms with Crippen molar-refractivity contribution < 1.29 is 9.50 Å². The molecule has 0 aliphatic heterocycles. The SMILES string of the molecule is NC1CCC(O)(Cc2ccc(Br)cc2F)C1. The van der Waals surface area contributed by atoms with Gasteiger partial charge < -0.3 is 10.8 Å². The van der Waals surface area contributed by atoms with Crippen molar-refractivity contribution in [3.63, 3.8) is 0 Å². The Labute approximate surface area is 103 Å². The molecule has 1 aromatic carbocycles. The Hall–Kier alpha value is -0.450. The largest absolute Gasteiger partial charge is 0.389 e. The summed E-state index contributed by atoms with van der Waals surface area (Å²) >= 11 is 3.21. The Morgan fingerprint density at radius 1 is 1.56 bits per heavy atom. The molecule has 2 atom stereocenters. The predicted octanol–water partition coefficient (Wildman–Crippen LogP) is 2.37. The lowest BCUT2D eigenvalue weighted by Gasteiger charge is -2.22. The van der Waals surface area contributed by atoms with Crippen molar-refractivity contribution in [2.75, 3.05) is 0 Å². The molecule has 2 rings (SSSR count). The van der Waals surface area contributed by atoms with Crippen LogP contribution in [-0.4, -0.2) is 16.7 Å². The van der Waals surface area contributed by atoms with E-state index in [9.17, 15) is 9.50 Å². The summed E-state index contributed by atoms with van der Waals surface area (Å²) in [6.07, 6.45) is 2.38. The van der Waals surface area contributed by atoms with E-state index >= 15 is 0 Å². The van der Waals surface area contributed by atoms with E-state index in [1.54, 1.807) is 12.1 Å². The molecular weight excluding hydrogens is 273 g/mol. The average Bonchev–Trinajstić information content (AvgIpc) is 2.52. The van der Waals surface area contributed by atoms with Crippen LogP contribution in [0.2, 0.25) is 0 Å². The van der Waals surface area contributed by atoms with Gasteiger partial charge in [0.1, 0.15) is 5.82 Å². The molecule has 1 aliphatic carbocycles. The second kappa shape index (κ2) is 4.43. The minimum Gasteiger partial charge on any atom is -0.389 e. The first-order chi connectivity index (χ1) is 7.48. The minimum atomic E-state index is -0.825. The molecular formula is C12H15BrFNO. The predicted molar refractivity (Wildman–Crippen MR) is 64.6 cm³/mol. The summed E-state index contributed by atoms with van der Waals surface area (Å²) in [5, 5.41) is 10.3. The van der Waals surface area contributed by atoms with E-state index in [0.29, 0.717) is 29.3 Å². The molecule has 4 heteroatoms. The first-order valence-electron chi connectivity index (χ1n) is 5.40. The molecule has 0 heterocycles. The van der Waals surface area contributed by atoms with Gasteiger partial charge in [-0.1, -0.05) is 22.0 Å². The standard InChI is InChI=1S/C12H15BrFNO/c13-9-2-1-8(11(14)5-9)6-12(16)4-3-10(15)7-12/h1-2,5,10,16H,3-4,6-7,15H2. The second-order valence-electron chi connectivity index (χ2n) is 4.64. The summed E-state index contributed by atoms with van der Waals surface area (Å²) in [5.74, 6) is -0.275. The molecule has 0 aromatic heterocycles. The summed E-state index contributed by atoms with van der Waals surface area (Å²) < 4.78 is 14.3. The van der Waals surface area contributed by atoms with Crippen molar-refractivity contribution >= 4 is 15.9 Å². The number of aliphatic hydroxyl groups is 1. The lowest BCUT2D eigenvalue weighted by molar-refractivity contribution is 0.0460. The first kappa shape index (κ1) is 12.0. The molecule has 1 fully saturated rings. The van der Waals surface area contributed by atoms with Crippen molar-refractivity contribution in [3.05, 3.63) is 34.1 Å². The van der Waals surface area contributed by atoms with Crippen LogP contribution < -0.4 is 5.73 Å². The third-order valence-corrected chi connectivity index (χ3v) is 3.65. The van der Waals surface area contributed by atoms with Crippen LogP contribution in [-0.2, 0) is 6.42 Å². The van der Waals surface area contributed by atoms with Crippen molar-refractivity contribution in [2.24, 2.45) is 5.73 Å². The van der Waals surface area contributed by atoms with Gasteiger partial charge in [-0.15, -0.1) is 0 Å². The molecule has 0 spiro atoms. The molecule has 3 N–H and O–H groups in total. The first-order valence-corrected chi connectivity index (χ1v) is 6.20. The summed E-state index contributed by atoms with van der Waals surface area (Å²) in [5.41, 5.74) is 5.49. The monoisotopic (exact) mass is 287 g/mol. The average molecular weight is 288 g/mol. The van der Waals surface area contributed by atoms with E-state index in [1.165, 1.54) is 6.07 Å². The fourth-order valence-electron chi connectivity index (χ4n) is 2.33. The molecule has 1 saturated carbocycles. The van der Waals surface area contributed by atoms with Gasteiger partial charge in [-0.05, 0) is 37.0 Å². The number of rotatable bonds is 2. The van der Waals surface area contributed by atoms with Crippen LogP contribution in [0.3, 0.4) is 0 Å².